The lowest BCUT2D eigenvalue weighted by Gasteiger charge is -2.32. The molecule has 27 heavy (non-hydrogen) atoms. The number of fused-ring (bicyclic) bond motifs is 6. The number of likely N-dealkylation sites (N-methyl/N-ethyl adjacent to an activating group) is 1. The third-order valence-electron chi connectivity index (χ3n) is 6.24. The molecule has 4 nitrogen and oxygen atoms in total. The highest BCUT2D eigenvalue weighted by Gasteiger charge is 2.40. The molecule has 6 rings (SSSR count). The van der Waals surface area contributed by atoms with Gasteiger partial charge in [-0.3, -0.25) is 9.59 Å². The van der Waals surface area contributed by atoms with Crippen LogP contribution in [0.5, 0.6) is 0 Å². The van der Waals surface area contributed by atoms with Crippen molar-refractivity contribution in [2.45, 2.75) is 18.9 Å². The van der Waals surface area contributed by atoms with Gasteiger partial charge in [-0.05, 0) is 40.5 Å². The Hall–Kier alpha value is -2.88. The molecule has 3 saturated heterocycles. The van der Waals surface area contributed by atoms with Gasteiger partial charge in [-0.25, -0.2) is 0 Å². The van der Waals surface area contributed by atoms with Crippen LogP contribution < -0.4 is 0 Å². The number of nitrogens with zero attached hydrogens (tertiary/aromatic N) is 2. The van der Waals surface area contributed by atoms with E-state index in [1.807, 2.05) is 53.2 Å². The molecule has 2 amide bonds. The topological polar surface area (TPSA) is 40.6 Å². The molecule has 0 spiro atoms. The first-order valence-corrected chi connectivity index (χ1v) is 9.60. The molecule has 0 aromatic heterocycles. The van der Waals surface area contributed by atoms with Crippen molar-refractivity contribution in [3.8, 4) is 0 Å². The van der Waals surface area contributed by atoms with Gasteiger partial charge in [-0.15, -0.1) is 0 Å². The number of carbonyl (C=O) groups excluding carboxylic acids is 2. The molecule has 4 heteroatoms. The van der Waals surface area contributed by atoms with Gasteiger partial charge in [-0.1, -0.05) is 48.5 Å². The highest BCUT2D eigenvalue weighted by molar-refractivity contribution is 6.18. The number of benzene rings is 3. The van der Waals surface area contributed by atoms with Crippen LogP contribution in [0.15, 0.2) is 54.6 Å². The molecule has 3 aromatic carbocycles. The summed E-state index contributed by atoms with van der Waals surface area (Å²) >= 11 is 0. The summed E-state index contributed by atoms with van der Waals surface area (Å²) in [6.07, 6.45) is 1.86. The summed E-state index contributed by atoms with van der Waals surface area (Å²) in [5, 5.41) is 4.12. The first-order valence-electron chi connectivity index (χ1n) is 9.60. The Morgan fingerprint density at radius 3 is 2.22 bits per heavy atom. The van der Waals surface area contributed by atoms with Crippen molar-refractivity contribution in [2.75, 3.05) is 20.1 Å². The molecule has 3 aliphatic rings. The average Bonchev–Trinajstić information content (AvgIpc) is 2.98. The summed E-state index contributed by atoms with van der Waals surface area (Å²) in [5.41, 5.74) is 0.764. The third kappa shape index (κ3) is 2.51. The van der Waals surface area contributed by atoms with Crippen LogP contribution in [-0.2, 0) is 4.79 Å². The highest BCUT2D eigenvalue weighted by Crippen LogP contribution is 2.33. The Morgan fingerprint density at radius 1 is 0.926 bits per heavy atom. The maximum absolute atomic E-state index is 13.7. The van der Waals surface area contributed by atoms with Crippen molar-refractivity contribution in [1.29, 1.82) is 0 Å². The Balaban J connectivity index is 1.66. The van der Waals surface area contributed by atoms with E-state index in [-0.39, 0.29) is 23.8 Å². The Morgan fingerprint density at radius 2 is 1.56 bits per heavy atom. The zero-order chi connectivity index (χ0) is 18.5. The fraction of sp³-hybridized carbons (Fsp3) is 0.304. The van der Waals surface area contributed by atoms with Crippen molar-refractivity contribution >= 4 is 33.4 Å². The van der Waals surface area contributed by atoms with Gasteiger partial charge in [0.15, 0.2) is 0 Å². The van der Waals surface area contributed by atoms with E-state index in [4.69, 9.17) is 0 Å². The number of hydrogen-bond donors (Lipinski definition) is 0. The first-order chi connectivity index (χ1) is 13.1. The molecule has 2 bridgehead atoms. The molecule has 3 heterocycles. The number of rotatable bonds is 1. The number of hydrogen-bond acceptors (Lipinski definition) is 2. The number of amides is 2. The SMILES string of the molecule is CN1C(=O)[C@H]2CC[C@@H]1CN(C(=O)c1c3ccccc3cc3ccccc13)C2. The van der Waals surface area contributed by atoms with Gasteiger partial charge >= 0.3 is 0 Å². The second-order valence-electron chi connectivity index (χ2n) is 7.78. The summed E-state index contributed by atoms with van der Waals surface area (Å²) in [6.45, 7) is 1.14. The lowest BCUT2D eigenvalue weighted by Crippen LogP contribution is -2.45. The predicted molar refractivity (Wildman–Crippen MR) is 107 cm³/mol. The van der Waals surface area contributed by atoms with E-state index in [1.165, 1.54) is 0 Å². The van der Waals surface area contributed by atoms with Crippen LogP contribution >= 0.6 is 0 Å². The lowest BCUT2D eigenvalue weighted by molar-refractivity contribution is -0.138. The largest absolute Gasteiger partial charge is 0.341 e. The number of piperidine rings is 1. The minimum absolute atomic E-state index is 0.0444. The quantitative estimate of drug-likeness (QED) is 0.623. The lowest BCUT2D eigenvalue weighted by atomic mass is 9.94. The van der Waals surface area contributed by atoms with E-state index < -0.39 is 0 Å². The van der Waals surface area contributed by atoms with E-state index in [2.05, 4.69) is 18.2 Å². The molecule has 136 valence electrons. The second-order valence-corrected chi connectivity index (χ2v) is 7.78. The van der Waals surface area contributed by atoms with Gasteiger partial charge in [0.2, 0.25) is 5.91 Å². The van der Waals surface area contributed by atoms with Crippen LogP contribution in [0.3, 0.4) is 0 Å². The van der Waals surface area contributed by atoms with Crippen molar-refractivity contribution < 1.29 is 9.59 Å². The molecule has 3 aliphatic heterocycles. The summed E-state index contributed by atoms with van der Waals surface area (Å²) in [6, 6.07) is 18.4. The third-order valence-corrected chi connectivity index (χ3v) is 6.24. The predicted octanol–water partition coefficient (Wildman–Crippen LogP) is 3.69. The van der Waals surface area contributed by atoms with Crippen LogP contribution in [0.2, 0.25) is 0 Å². The number of carbonyl (C=O) groups is 2. The van der Waals surface area contributed by atoms with Gasteiger partial charge in [-0.2, -0.15) is 0 Å². The summed E-state index contributed by atoms with van der Waals surface area (Å²) in [7, 11) is 1.88. The van der Waals surface area contributed by atoms with Crippen LogP contribution in [0.25, 0.3) is 21.5 Å². The van der Waals surface area contributed by atoms with Crippen LogP contribution in [0.4, 0.5) is 0 Å². The second kappa shape index (κ2) is 6.08. The first kappa shape index (κ1) is 16.3. The Bertz CT molecular complexity index is 1020. The van der Waals surface area contributed by atoms with E-state index in [0.29, 0.717) is 13.1 Å². The minimum atomic E-state index is -0.0704. The zero-order valence-corrected chi connectivity index (χ0v) is 15.4. The van der Waals surface area contributed by atoms with Crippen LogP contribution in [-0.4, -0.2) is 47.8 Å². The van der Waals surface area contributed by atoms with E-state index in [9.17, 15) is 9.59 Å². The van der Waals surface area contributed by atoms with Crippen LogP contribution in [0, 0.1) is 5.92 Å². The standard InChI is InChI=1S/C23H22N2O2/c1-24-18-11-10-17(22(24)26)13-25(14-18)23(27)21-19-8-4-2-6-15(19)12-16-7-3-5-9-20(16)21/h2-9,12,17-18H,10-11,13-14H2,1H3/t17-,18+/m0/s1. The normalized spacial score (nSPS) is 22.5. The van der Waals surface area contributed by atoms with Crippen molar-refractivity contribution in [2.24, 2.45) is 5.92 Å². The fourth-order valence-corrected chi connectivity index (χ4v) is 4.72. The molecule has 0 saturated carbocycles. The zero-order valence-electron chi connectivity index (χ0n) is 15.4. The Kier molecular flexibility index (Phi) is 3.67. The smallest absolute Gasteiger partial charge is 0.255 e. The summed E-state index contributed by atoms with van der Waals surface area (Å²) in [4.78, 5) is 30.0. The maximum atomic E-state index is 13.7. The van der Waals surface area contributed by atoms with Crippen molar-refractivity contribution in [3.05, 3.63) is 60.2 Å². The van der Waals surface area contributed by atoms with Gasteiger partial charge in [0.25, 0.3) is 5.91 Å². The van der Waals surface area contributed by atoms with Gasteiger partial charge in [0, 0.05) is 26.2 Å². The fourth-order valence-electron chi connectivity index (χ4n) is 4.72. The molecule has 3 aromatic rings. The molecular weight excluding hydrogens is 336 g/mol. The summed E-state index contributed by atoms with van der Waals surface area (Å²) < 4.78 is 0. The summed E-state index contributed by atoms with van der Waals surface area (Å²) in [5.74, 6) is 0.159. The monoisotopic (exact) mass is 358 g/mol. The molecular formula is C23H22N2O2. The molecule has 0 unspecified atom stereocenters. The minimum Gasteiger partial charge on any atom is -0.341 e. The van der Waals surface area contributed by atoms with Crippen LogP contribution in [0.1, 0.15) is 23.2 Å². The van der Waals surface area contributed by atoms with Crippen molar-refractivity contribution in [1.82, 2.24) is 9.80 Å². The van der Waals surface area contributed by atoms with Gasteiger partial charge in [0.05, 0.1) is 11.5 Å². The van der Waals surface area contributed by atoms with Crippen molar-refractivity contribution in [3.63, 3.8) is 0 Å². The molecule has 0 N–H and O–H groups in total. The van der Waals surface area contributed by atoms with Gasteiger partial charge in [0.1, 0.15) is 0 Å². The van der Waals surface area contributed by atoms with E-state index >= 15 is 0 Å². The highest BCUT2D eigenvalue weighted by atomic mass is 16.2. The average molecular weight is 358 g/mol. The molecule has 3 fully saturated rings. The Labute approximate surface area is 158 Å². The van der Waals surface area contributed by atoms with E-state index in [0.717, 1.165) is 39.9 Å². The molecule has 0 radical (unpaired) electrons. The molecule has 2 atom stereocenters. The maximum Gasteiger partial charge on any atom is 0.255 e. The van der Waals surface area contributed by atoms with E-state index in [1.54, 1.807) is 0 Å². The van der Waals surface area contributed by atoms with Gasteiger partial charge < -0.3 is 9.80 Å². The molecule has 0 aliphatic carbocycles.